The zero-order valence-corrected chi connectivity index (χ0v) is 21.2. The number of likely N-dealkylation sites (N-methyl/N-ethyl adjacent to an activating group) is 1. The molecule has 1 aromatic rings. The van der Waals surface area contributed by atoms with Crippen molar-refractivity contribution < 1.29 is 54.2 Å². The standard InChI is InChI=1S/C26H28N2O11/c1-9-10-5-4-6-11(29)15(10)20(33)16-14(9)22(39-13(32)8-7-12(30)31)18-19(28(2)3)21(34)17(25(27)37)24(36)26(18,38)23(16)35/h4-6,9,14,18-19,22,29,33,36,38H,7-8H2,1-3H3,(H2,27,37)(H,30,31)/t9?,14-,18-,19+,22+,26+/m1/s1. The van der Waals surface area contributed by atoms with Gasteiger partial charge in [0.2, 0.25) is 5.78 Å². The van der Waals surface area contributed by atoms with Gasteiger partial charge in [0, 0.05) is 11.5 Å². The Labute approximate surface area is 221 Å². The number of carbonyl (C=O) groups is 5. The molecule has 1 saturated carbocycles. The molecule has 39 heavy (non-hydrogen) atoms. The molecule has 3 aliphatic rings. The Morgan fingerprint density at radius 1 is 1.10 bits per heavy atom. The first-order chi connectivity index (χ1) is 18.2. The number of hydrogen-bond donors (Lipinski definition) is 6. The van der Waals surface area contributed by atoms with Crippen LogP contribution in [0, 0.1) is 11.8 Å². The number of ether oxygens (including phenoxy) is 1. The number of carboxylic acid groups (broad SMARTS) is 1. The summed E-state index contributed by atoms with van der Waals surface area (Å²) in [6, 6.07) is 2.81. The Hall–Kier alpha value is -4.23. The summed E-state index contributed by atoms with van der Waals surface area (Å²) in [5.41, 5.74) is 0.990. The normalized spacial score (nSPS) is 30.0. The van der Waals surface area contributed by atoms with Gasteiger partial charge in [-0.15, -0.1) is 0 Å². The van der Waals surface area contributed by atoms with E-state index >= 15 is 0 Å². The maximum atomic E-state index is 14.0. The van der Waals surface area contributed by atoms with E-state index in [9.17, 15) is 44.4 Å². The van der Waals surface area contributed by atoms with Crippen molar-refractivity contribution in [3.63, 3.8) is 0 Å². The molecule has 1 aromatic carbocycles. The van der Waals surface area contributed by atoms with E-state index < -0.39 is 100 Å². The lowest BCUT2D eigenvalue weighted by Crippen LogP contribution is -2.71. The first-order valence-electron chi connectivity index (χ1n) is 12.0. The summed E-state index contributed by atoms with van der Waals surface area (Å²) >= 11 is 0. The van der Waals surface area contributed by atoms with Crippen LogP contribution in [-0.4, -0.2) is 91.7 Å². The summed E-state index contributed by atoms with van der Waals surface area (Å²) in [4.78, 5) is 64.8. The molecule has 0 spiro atoms. The number of aliphatic hydroxyl groups is 3. The number of rotatable bonds is 6. The van der Waals surface area contributed by atoms with Crippen LogP contribution in [0.2, 0.25) is 0 Å². The number of fused-ring (bicyclic) bond motifs is 3. The predicted octanol–water partition coefficient (Wildman–Crippen LogP) is -0.0885. The summed E-state index contributed by atoms with van der Waals surface area (Å²) in [6.07, 6.45) is -2.79. The van der Waals surface area contributed by atoms with Gasteiger partial charge < -0.3 is 36.0 Å². The van der Waals surface area contributed by atoms with Crippen LogP contribution in [0.25, 0.3) is 5.76 Å². The highest BCUT2D eigenvalue weighted by atomic mass is 16.5. The van der Waals surface area contributed by atoms with E-state index in [1.807, 2.05) is 0 Å². The van der Waals surface area contributed by atoms with Gasteiger partial charge in [-0.25, -0.2) is 0 Å². The van der Waals surface area contributed by atoms with Gasteiger partial charge in [0.15, 0.2) is 11.4 Å². The molecule has 13 nitrogen and oxygen atoms in total. The SMILES string of the molecule is CC1c2cccc(O)c2C(O)=C2C(=O)[C@]3(O)C(O)=C(C(N)=O)C(=O)[C@@H](N(C)C)[C@@H]3[C@@H](OC(=O)CCC(=O)O)[C@@H]21. The van der Waals surface area contributed by atoms with Gasteiger partial charge in [0.05, 0.1) is 30.4 Å². The number of phenolic OH excluding ortho intramolecular Hbond substituents is 1. The maximum absolute atomic E-state index is 14.0. The van der Waals surface area contributed by atoms with Gasteiger partial charge in [-0.05, 0) is 31.6 Å². The van der Waals surface area contributed by atoms with Crippen molar-refractivity contribution >= 4 is 35.2 Å². The number of amides is 1. The van der Waals surface area contributed by atoms with E-state index in [1.54, 1.807) is 13.0 Å². The molecule has 1 amide bonds. The lowest BCUT2D eigenvalue weighted by Gasteiger charge is -2.54. The van der Waals surface area contributed by atoms with Gasteiger partial charge in [-0.1, -0.05) is 19.1 Å². The van der Waals surface area contributed by atoms with Crippen molar-refractivity contribution in [3.8, 4) is 5.75 Å². The van der Waals surface area contributed by atoms with Crippen LogP contribution in [0.3, 0.4) is 0 Å². The Kier molecular flexibility index (Phi) is 6.77. The highest BCUT2D eigenvalue weighted by Crippen LogP contribution is 2.56. The Bertz CT molecular complexity index is 1380. The zero-order chi connectivity index (χ0) is 29.1. The number of esters is 1. The van der Waals surface area contributed by atoms with E-state index in [2.05, 4.69) is 0 Å². The predicted molar refractivity (Wildman–Crippen MR) is 131 cm³/mol. The second-order valence-electron chi connectivity index (χ2n) is 10.1. The molecule has 0 saturated heterocycles. The van der Waals surface area contributed by atoms with Crippen LogP contribution >= 0.6 is 0 Å². The Balaban J connectivity index is 2.05. The minimum atomic E-state index is -3.06. The molecule has 0 heterocycles. The van der Waals surface area contributed by atoms with E-state index in [1.165, 1.54) is 31.1 Å². The number of phenols is 1. The number of primary amides is 1. The van der Waals surface area contributed by atoms with E-state index in [0.717, 1.165) is 0 Å². The third kappa shape index (κ3) is 3.96. The summed E-state index contributed by atoms with van der Waals surface area (Å²) in [7, 11) is 2.80. The summed E-state index contributed by atoms with van der Waals surface area (Å²) in [5, 5.41) is 53.7. The lowest BCUT2D eigenvalue weighted by atomic mass is 9.54. The maximum Gasteiger partial charge on any atom is 0.306 e. The molecule has 4 rings (SSSR count). The van der Waals surface area contributed by atoms with E-state index in [0.29, 0.717) is 5.56 Å². The van der Waals surface area contributed by atoms with E-state index in [-0.39, 0.29) is 11.3 Å². The summed E-state index contributed by atoms with van der Waals surface area (Å²) < 4.78 is 5.68. The smallest absolute Gasteiger partial charge is 0.306 e. The van der Waals surface area contributed by atoms with Crippen LogP contribution < -0.4 is 5.73 Å². The van der Waals surface area contributed by atoms with Gasteiger partial charge in [-0.2, -0.15) is 0 Å². The third-order valence-corrected chi connectivity index (χ3v) is 7.78. The molecule has 0 aliphatic heterocycles. The second-order valence-corrected chi connectivity index (χ2v) is 10.1. The number of ketones is 2. The Morgan fingerprint density at radius 2 is 1.74 bits per heavy atom. The van der Waals surface area contributed by atoms with Crippen molar-refractivity contribution in [2.24, 2.45) is 17.6 Å². The number of hydrogen-bond acceptors (Lipinski definition) is 11. The van der Waals surface area contributed by atoms with Crippen molar-refractivity contribution in [1.82, 2.24) is 4.90 Å². The molecule has 1 fully saturated rings. The fraction of sp³-hybridized carbons (Fsp3) is 0.423. The van der Waals surface area contributed by atoms with Gasteiger partial charge >= 0.3 is 11.9 Å². The first kappa shape index (κ1) is 27.8. The molecule has 3 aliphatic carbocycles. The van der Waals surface area contributed by atoms with Crippen molar-refractivity contribution in [2.45, 2.75) is 43.4 Å². The summed E-state index contributed by atoms with van der Waals surface area (Å²) in [5.74, 6) is -12.2. The van der Waals surface area contributed by atoms with Gasteiger partial charge in [0.1, 0.15) is 28.9 Å². The molecule has 1 unspecified atom stereocenters. The fourth-order valence-corrected chi connectivity index (χ4v) is 6.11. The van der Waals surface area contributed by atoms with Gasteiger partial charge in [0.25, 0.3) is 5.91 Å². The number of aliphatic hydroxyl groups excluding tert-OH is 2. The van der Waals surface area contributed by atoms with E-state index in [4.69, 9.17) is 15.6 Å². The molecule has 0 radical (unpaired) electrons. The third-order valence-electron chi connectivity index (χ3n) is 7.78. The highest BCUT2D eigenvalue weighted by molar-refractivity contribution is 6.24. The molecule has 0 aromatic heterocycles. The molecule has 13 heteroatoms. The number of carboxylic acids is 1. The average Bonchev–Trinajstić information content (AvgIpc) is 2.84. The minimum absolute atomic E-state index is 0.114. The Morgan fingerprint density at radius 3 is 2.31 bits per heavy atom. The minimum Gasteiger partial charge on any atom is -0.508 e. The van der Waals surface area contributed by atoms with Crippen LogP contribution in [0.4, 0.5) is 0 Å². The number of aromatic hydroxyl groups is 1. The largest absolute Gasteiger partial charge is 0.508 e. The van der Waals surface area contributed by atoms with Crippen LogP contribution in [0.15, 0.2) is 35.1 Å². The molecule has 208 valence electrons. The molecule has 6 atom stereocenters. The average molecular weight is 545 g/mol. The summed E-state index contributed by atoms with van der Waals surface area (Å²) in [6.45, 7) is 1.62. The first-order valence-corrected chi connectivity index (χ1v) is 12.0. The lowest BCUT2D eigenvalue weighted by molar-refractivity contribution is -0.185. The number of benzene rings is 1. The van der Waals surface area contributed by atoms with Crippen LogP contribution in [0.1, 0.15) is 36.8 Å². The molecular weight excluding hydrogens is 516 g/mol. The van der Waals surface area contributed by atoms with Gasteiger partial charge in [-0.3, -0.25) is 28.9 Å². The monoisotopic (exact) mass is 544 g/mol. The van der Waals surface area contributed by atoms with Crippen LogP contribution in [0.5, 0.6) is 5.75 Å². The molecule has 0 bridgehead atoms. The quantitative estimate of drug-likeness (QED) is 0.204. The number of Topliss-reactive ketones (excluding diaryl/α,β-unsaturated/α-hetero) is 2. The second kappa shape index (κ2) is 9.50. The number of carbonyl (C=O) groups excluding carboxylic acids is 4. The number of nitrogens with two attached hydrogens (primary N) is 1. The highest BCUT2D eigenvalue weighted by Gasteiger charge is 2.69. The molecular formula is C26H28N2O11. The van der Waals surface area contributed by atoms with Crippen LogP contribution in [-0.2, 0) is 28.7 Å². The van der Waals surface area contributed by atoms with Crippen molar-refractivity contribution in [3.05, 3.63) is 46.2 Å². The number of nitrogens with zero attached hydrogens (tertiary/aromatic N) is 1. The zero-order valence-electron chi connectivity index (χ0n) is 21.2. The fourth-order valence-electron chi connectivity index (χ4n) is 6.11. The molecule has 7 N–H and O–H groups in total. The van der Waals surface area contributed by atoms with Crippen molar-refractivity contribution in [2.75, 3.05) is 14.1 Å². The van der Waals surface area contributed by atoms with Crippen molar-refractivity contribution in [1.29, 1.82) is 0 Å². The number of aliphatic carboxylic acids is 1. The topological polar surface area (TPSA) is 225 Å².